The molecule has 3 amide bonds. The smallest absolute Gasteiger partial charge is 0.322 e. The van der Waals surface area contributed by atoms with Crippen LogP contribution >= 0.6 is 0 Å². The Morgan fingerprint density at radius 1 is 1.38 bits per heavy atom. The maximum Gasteiger partial charge on any atom is 0.324 e. The van der Waals surface area contributed by atoms with E-state index < -0.39 is 5.54 Å². The summed E-state index contributed by atoms with van der Waals surface area (Å²) in [5.41, 5.74) is -0.624. The number of nitrogens with zero attached hydrogens (tertiary/aromatic N) is 2. The summed E-state index contributed by atoms with van der Waals surface area (Å²) in [6.07, 6.45) is 0.721. The number of hydrogen-bond donors (Lipinski definition) is 1. The molecule has 0 aromatic carbocycles. The normalized spacial score (nSPS) is 34.8. The van der Waals surface area contributed by atoms with Crippen molar-refractivity contribution in [1.82, 2.24) is 15.1 Å². The third-order valence-electron chi connectivity index (χ3n) is 2.83. The van der Waals surface area contributed by atoms with E-state index in [-0.39, 0.29) is 11.9 Å². The number of urea groups is 1. The van der Waals surface area contributed by atoms with Crippen LogP contribution in [0.15, 0.2) is 0 Å². The van der Waals surface area contributed by atoms with Crippen molar-refractivity contribution in [1.29, 1.82) is 0 Å². The molecular formula is C8H13N3O2. The highest BCUT2D eigenvalue weighted by molar-refractivity contribution is 6.07. The van der Waals surface area contributed by atoms with Gasteiger partial charge in [-0.2, -0.15) is 0 Å². The fourth-order valence-corrected chi connectivity index (χ4v) is 2.03. The van der Waals surface area contributed by atoms with Gasteiger partial charge >= 0.3 is 6.03 Å². The van der Waals surface area contributed by atoms with Gasteiger partial charge in [-0.3, -0.25) is 9.69 Å². The molecule has 2 aliphatic heterocycles. The first kappa shape index (κ1) is 8.50. The minimum atomic E-state index is -0.624. The highest BCUT2D eigenvalue weighted by Gasteiger charge is 2.52. The van der Waals surface area contributed by atoms with Crippen molar-refractivity contribution in [2.75, 3.05) is 27.2 Å². The molecule has 1 N–H and O–H groups in total. The van der Waals surface area contributed by atoms with Gasteiger partial charge in [-0.05, 0) is 13.5 Å². The molecule has 72 valence electrons. The second-order valence-electron chi connectivity index (χ2n) is 3.86. The van der Waals surface area contributed by atoms with Crippen LogP contribution in [-0.2, 0) is 4.79 Å². The van der Waals surface area contributed by atoms with Crippen LogP contribution in [-0.4, -0.2) is 54.5 Å². The molecule has 1 unspecified atom stereocenters. The van der Waals surface area contributed by atoms with Crippen LogP contribution in [0.3, 0.4) is 0 Å². The molecule has 0 aromatic rings. The van der Waals surface area contributed by atoms with Crippen molar-refractivity contribution in [3.63, 3.8) is 0 Å². The molecule has 1 atom stereocenters. The minimum Gasteiger partial charge on any atom is -0.322 e. The number of likely N-dealkylation sites (tertiary alicyclic amines) is 1. The number of rotatable bonds is 0. The van der Waals surface area contributed by atoms with E-state index >= 15 is 0 Å². The second kappa shape index (κ2) is 2.45. The Kier molecular flexibility index (Phi) is 1.60. The quantitative estimate of drug-likeness (QED) is 0.502. The Bertz CT molecular complexity index is 279. The summed E-state index contributed by atoms with van der Waals surface area (Å²) in [6.45, 7) is 1.49. The van der Waals surface area contributed by atoms with Gasteiger partial charge in [0.1, 0.15) is 5.54 Å². The first-order valence-corrected chi connectivity index (χ1v) is 4.34. The molecule has 0 saturated carbocycles. The molecule has 2 aliphatic rings. The standard InChI is InChI=1S/C8H13N3O2/c1-10-4-3-8(5-10)6(12)11(2)7(13)9-8/h3-5H2,1-2H3,(H,9,13). The predicted octanol–water partition coefficient (Wildman–Crippen LogP) is -0.758. The summed E-state index contributed by atoms with van der Waals surface area (Å²) >= 11 is 0. The zero-order valence-corrected chi connectivity index (χ0v) is 7.83. The number of carbonyl (C=O) groups excluding carboxylic acids is 2. The summed E-state index contributed by atoms with van der Waals surface area (Å²) in [6, 6.07) is -0.277. The lowest BCUT2D eigenvalue weighted by molar-refractivity contribution is -0.129. The monoisotopic (exact) mass is 183 g/mol. The molecule has 2 heterocycles. The number of hydrogen-bond acceptors (Lipinski definition) is 3. The number of amides is 3. The minimum absolute atomic E-state index is 0.0955. The van der Waals surface area contributed by atoms with Gasteiger partial charge in [-0.25, -0.2) is 4.79 Å². The summed E-state index contributed by atoms with van der Waals surface area (Å²) in [5.74, 6) is -0.0955. The molecule has 2 rings (SSSR count). The summed E-state index contributed by atoms with van der Waals surface area (Å²) in [4.78, 5) is 26.1. The maximum atomic E-state index is 11.7. The van der Waals surface area contributed by atoms with Gasteiger partial charge in [0.05, 0.1) is 0 Å². The van der Waals surface area contributed by atoms with E-state index in [9.17, 15) is 9.59 Å². The molecule has 1 spiro atoms. The highest BCUT2D eigenvalue weighted by atomic mass is 16.2. The molecule has 0 aromatic heterocycles. The van der Waals surface area contributed by atoms with Gasteiger partial charge in [0.15, 0.2) is 0 Å². The van der Waals surface area contributed by atoms with E-state index in [0.717, 1.165) is 13.0 Å². The zero-order chi connectivity index (χ0) is 9.64. The lowest BCUT2D eigenvalue weighted by Gasteiger charge is -2.19. The van der Waals surface area contributed by atoms with Gasteiger partial charge in [0.2, 0.25) is 0 Å². The topological polar surface area (TPSA) is 52.7 Å². The predicted molar refractivity (Wildman–Crippen MR) is 46.1 cm³/mol. The highest BCUT2D eigenvalue weighted by Crippen LogP contribution is 2.26. The fourth-order valence-electron chi connectivity index (χ4n) is 2.03. The van der Waals surface area contributed by atoms with Crippen molar-refractivity contribution in [2.45, 2.75) is 12.0 Å². The Labute approximate surface area is 76.7 Å². The lowest BCUT2D eigenvalue weighted by atomic mass is 9.99. The summed E-state index contributed by atoms with van der Waals surface area (Å²) < 4.78 is 0. The average Bonchev–Trinajstić information content (AvgIpc) is 2.53. The van der Waals surface area contributed by atoms with Gasteiger partial charge < -0.3 is 10.2 Å². The van der Waals surface area contributed by atoms with Crippen LogP contribution in [0, 0.1) is 0 Å². The molecule has 5 nitrogen and oxygen atoms in total. The van der Waals surface area contributed by atoms with Crippen LogP contribution in [0.4, 0.5) is 4.79 Å². The van der Waals surface area contributed by atoms with E-state index in [1.807, 2.05) is 7.05 Å². The van der Waals surface area contributed by atoms with Crippen molar-refractivity contribution >= 4 is 11.9 Å². The molecule has 0 radical (unpaired) electrons. The van der Waals surface area contributed by atoms with Crippen LogP contribution in [0.5, 0.6) is 0 Å². The van der Waals surface area contributed by atoms with Gasteiger partial charge in [-0.15, -0.1) is 0 Å². The number of nitrogens with one attached hydrogen (secondary N) is 1. The first-order chi connectivity index (χ1) is 6.05. The van der Waals surface area contributed by atoms with E-state index in [2.05, 4.69) is 10.2 Å². The van der Waals surface area contributed by atoms with E-state index in [4.69, 9.17) is 0 Å². The van der Waals surface area contributed by atoms with Crippen LogP contribution in [0.2, 0.25) is 0 Å². The molecule has 0 aliphatic carbocycles. The molecule has 13 heavy (non-hydrogen) atoms. The van der Waals surface area contributed by atoms with Crippen molar-refractivity contribution < 1.29 is 9.59 Å². The third-order valence-corrected chi connectivity index (χ3v) is 2.83. The molecule has 0 bridgehead atoms. The Morgan fingerprint density at radius 2 is 2.08 bits per heavy atom. The lowest BCUT2D eigenvalue weighted by Crippen LogP contribution is -2.48. The molecule has 2 saturated heterocycles. The first-order valence-electron chi connectivity index (χ1n) is 4.34. The maximum absolute atomic E-state index is 11.7. The van der Waals surface area contributed by atoms with E-state index in [0.29, 0.717) is 6.54 Å². The van der Waals surface area contributed by atoms with Crippen LogP contribution < -0.4 is 5.32 Å². The van der Waals surface area contributed by atoms with Crippen LogP contribution in [0.25, 0.3) is 0 Å². The molecule has 5 heteroatoms. The van der Waals surface area contributed by atoms with Crippen molar-refractivity contribution in [3.8, 4) is 0 Å². The van der Waals surface area contributed by atoms with Crippen molar-refractivity contribution in [3.05, 3.63) is 0 Å². The average molecular weight is 183 g/mol. The Balaban J connectivity index is 2.26. The summed E-state index contributed by atoms with van der Waals surface area (Å²) in [7, 11) is 3.47. The van der Waals surface area contributed by atoms with Crippen molar-refractivity contribution in [2.24, 2.45) is 0 Å². The Morgan fingerprint density at radius 3 is 2.46 bits per heavy atom. The molecule has 2 fully saturated rings. The second-order valence-corrected chi connectivity index (χ2v) is 3.86. The fraction of sp³-hybridized carbons (Fsp3) is 0.750. The largest absolute Gasteiger partial charge is 0.324 e. The number of imide groups is 1. The van der Waals surface area contributed by atoms with Crippen LogP contribution in [0.1, 0.15) is 6.42 Å². The SMILES string of the molecule is CN1CCC2(C1)NC(=O)N(C)C2=O. The zero-order valence-electron chi connectivity index (χ0n) is 7.83. The van der Waals surface area contributed by atoms with E-state index in [1.54, 1.807) is 0 Å². The number of carbonyl (C=O) groups is 2. The third kappa shape index (κ3) is 1.03. The van der Waals surface area contributed by atoms with Gasteiger partial charge in [0, 0.05) is 20.1 Å². The van der Waals surface area contributed by atoms with Gasteiger partial charge in [0.25, 0.3) is 5.91 Å². The van der Waals surface area contributed by atoms with Gasteiger partial charge in [-0.1, -0.05) is 0 Å². The summed E-state index contributed by atoms with van der Waals surface area (Å²) in [5, 5.41) is 2.75. The number of likely N-dealkylation sites (N-methyl/N-ethyl adjacent to an activating group) is 2. The molecular weight excluding hydrogens is 170 g/mol. The Hall–Kier alpha value is -1.10. The van der Waals surface area contributed by atoms with E-state index in [1.165, 1.54) is 11.9 Å².